The first kappa shape index (κ1) is 16.3. The molecule has 0 radical (unpaired) electrons. The molecular formula is C16H16BrNO4. The fourth-order valence-electron chi connectivity index (χ4n) is 2.09. The molecule has 0 fully saturated rings. The normalized spacial score (nSPS) is 10.4. The van der Waals surface area contributed by atoms with Crippen molar-refractivity contribution in [2.45, 2.75) is 19.4 Å². The maximum Gasteiger partial charge on any atom is 0.323 e. The number of carbonyl (C=O) groups excluding carboxylic acids is 1. The lowest BCUT2D eigenvalue weighted by Gasteiger charge is -2.21. The smallest absolute Gasteiger partial charge is 0.323 e. The number of hydrogen-bond donors (Lipinski definition) is 1. The minimum absolute atomic E-state index is 0.209. The highest BCUT2D eigenvalue weighted by Gasteiger charge is 2.17. The van der Waals surface area contributed by atoms with E-state index in [1.807, 2.05) is 24.3 Å². The maximum absolute atomic E-state index is 12.3. The summed E-state index contributed by atoms with van der Waals surface area (Å²) in [6.07, 6.45) is 2.23. The molecule has 22 heavy (non-hydrogen) atoms. The number of benzene rings is 1. The molecule has 0 unspecified atom stereocenters. The fraction of sp³-hybridized carbons (Fsp3) is 0.250. The first-order valence-corrected chi connectivity index (χ1v) is 7.60. The van der Waals surface area contributed by atoms with Crippen molar-refractivity contribution < 1.29 is 19.1 Å². The van der Waals surface area contributed by atoms with Crippen LogP contribution in [0.3, 0.4) is 0 Å². The average Bonchev–Trinajstić information content (AvgIpc) is 2.97. The standard InChI is InChI=1S/C16H16BrNO4/c17-13-4-1-3-12(9-13)10-18(11-16(20)21)15(19)7-6-14-5-2-8-22-14/h1-5,8-9H,6-7,10-11H2,(H,20,21). The van der Waals surface area contributed by atoms with E-state index in [4.69, 9.17) is 9.52 Å². The lowest BCUT2D eigenvalue weighted by Crippen LogP contribution is -2.35. The lowest BCUT2D eigenvalue weighted by molar-refractivity contribution is -0.144. The van der Waals surface area contributed by atoms with Crippen LogP contribution in [0.25, 0.3) is 0 Å². The Labute approximate surface area is 136 Å². The second kappa shape index (κ2) is 7.79. The number of carboxylic acid groups (broad SMARTS) is 1. The van der Waals surface area contributed by atoms with Crippen LogP contribution in [0.2, 0.25) is 0 Å². The van der Waals surface area contributed by atoms with Crippen LogP contribution in [0.4, 0.5) is 0 Å². The number of hydrogen-bond acceptors (Lipinski definition) is 3. The van der Waals surface area contributed by atoms with E-state index in [9.17, 15) is 9.59 Å². The predicted molar refractivity (Wildman–Crippen MR) is 84.2 cm³/mol. The molecular weight excluding hydrogens is 350 g/mol. The number of carboxylic acids is 1. The molecule has 1 N–H and O–H groups in total. The van der Waals surface area contributed by atoms with Gasteiger partial charge in [-0.25, -0.2) is 0 Å². The molecule has 0 bridgehead atoms. The van der Waals surface area contributed by atoms with Crippen molar-refractivity contribution in [2.24, 2.45) is 0 Å². The highest BCUT2D eigenvalue weighted by Crippen LogP contribution is 2.14. The zero-order valence-electron chi connectivity index (χ0n) is 11.9. The highest BCUT2D eigenvalue weighted by molar-refractivity contribution is 9.10. The summed E-state index contributed by atoms with van der Waals surface area (Å²) in [5.74, 6) is -0.522. The van der Waals surface area contributed by atoms with Crippen molar-refractivity contribution in [1.82, 2.24) is 4.90 Å². The van der Waals surface area contributed by atoms with Gasteiger partial charge >= 0.3 is 5.97 Å². The van der Waals surface area contributed by atoms with Crippen molar-refractivity contribution in [2.75, 3.05) is 6.54 Å². The topological polar surface area (TPSA) is 70.8 Å². The van der Waals surface area contributed by atoms with Crippen LogP contribution in [-0.4, -0.2) is 28.4 Å². The summed E-state index contributed by atoms with van der Waals surface area (Å²) < 4.78 is 6.08. The number of aryl methyl sites for hydroxylation is 1. The molecule has 0 aliphatic rings. The monoisotopic (exact) mass is 365 g/mol. The number of halogens is 1. The zero-order chi connectivity index (χ0) is 15.9. The Hall–Kier alpha value is -2.08. The minimum Gasteiger partial charge on any atom is -0.480 e. The first-order chi connectivity index (χ1) is 10.5. The number of carbonyl (C=O) groups is 2. The van der Waals surface area contributed by atoms with E-state index >= 15 is 0 Å². The molecule has 1 aromatic carbocycles. The van der Waals surface area contributed by atoms with Crippen LogP contribution in [0.1, 0.15) is 17.7 Å². The van der Waals surface area contributed by atoms with Crippen LogP contribution >= 0.6 is 15.9 Å². The van der Waals surface area contributed by atoms with Gasteiger partial charge in [0.15, 0.2) is 0 Å². The van der Waals surface area contributed by atoms with Gasteiger partial charge in [-0.1, -0.05) is 28.1 Å². The Morgan fingerprint density at radius 3 is 2.68 bits per heavy atom. The summed E-state index contributed by atoms with van der Waals surface area (Å²) in [5.41, 5.74) is 0.877. The van der Waals surface area contributed by atoms with Gasteiger partial charge in [-0.3, -0.25) is 9.59 Å². The largest absolute Gasteiger partial charge is 0.480 e. The molecule has 0 spiro atoms. The molecule has 0 aliphatic heterocycles. The number of amides is 1. The summed E-state index contributed by atoms with van der Waals surface area (Å²) >= 11 is 3.36. The molecule has 2 aromatic rings. The number of nitrogens with zero attached hydrogens (tertiary/aromatic N) is 1. The first-order valence-electron chi connectivity index (χ1n) is 6.81. The van der Waals surface area contributed by atoms with Crippen molar-refractivity contribution in [3.05, 3.63) is 58.5 Å². The van der Waals surface area contributed by atoms with Crippen molar-refractivity contribution >= 4 is 27.8 Å². The molecule has 1 aromatic heterocycles. The van der Waals surface area contributed by atoms with E-state index in [1.54, 1.807) is 18.4 Å². The van der Waals surface area contributed by atoms with Gasteiger partial charge in [0.1, 0.15) is 12.3 Å². The predicted octanol–water partition coefficient (Wildman–Crippen LogP) is 3.09. The number of furan rings is 1. The van der Waals surface area contributed by atoms with Gasteiger partial charge in [-0.05, 0) is 29.8 Å². The highest BCUT2D eigenvalue weighted by atomic mass is 79.9. The molecule has 0 atom stereocenters. The van der Waals surface area contributed by atoms with Gasteiger partial charge in [0.25, 0.3) is 0 Å². The molecule has 5 nitrogen and oxygen atoms in total. The molecule has 0 saturated carbocycles. The SMILES string of the molecule is O=C(O)CN(Cc1cccc(Br)c1)C(=O)CCc1ccco1. The minimum atomic E-state index is -1.03. The zero-order valence-corrected chi connectivity index (χ0v) is 13.5. The summed E-state index contributed by atoms with van der Waals surface area (Å²) in [6, 6.07) is 11.0. The average molecular weight is 366 g/mol. The summed E-state index contributed by atoms with van der Waals surface area (Å²) in [7, 11) is 0. The van der Waals surface area contributed by atoms with Gasteiger partial charge in [0.2, 0.25) is 5.91 Å². The molecule has 0 aliphatic carbocycles. The van der Waals surface area contributed by atoms with Gasteiger partial charge < -0.3 is 14.4 Å². The third-order valence-corrected chi connectivity index (χ3v) is 3.60. The molecule has 1 amide bonds. The van der Waals surface area contributed by atoms with Crippen molar-refractivity contribution in [1.29, 1.82) is 0 Å². The Kier molecular flexibility index (Phi) is 5.77. The molecule has 6 heteroatoms. The van der Waals surface area contributed by atoms with Gasteiger partial charge in [0.05, 0.1) is 6.26 Å². The van der Waals surface area contributed by atoms with Crippen LogP contribution in [-0.2, 0) is 22.6 Å². The molecule has 0 saturated heterocycles. The Morgan fingerprint density at radius 2 is 2.05 bits per heavy atom. The van der Waals surface area contributed by atoms with Crippen LogP contribution in [0.15, 0.2) is 51.6 Å². The van der Waals surface area contributed by atoms with E-state index < -0.39 is 5.97 Å². The maximum atomic E-state index is 12.3. The van der Waals surface area contributed by atoms with E-state index in [0.29, 0.717) is 12.2 Å². The Morgan fingerprint density at radius 1 is 1.23 bits per heavy atom. The molecule has 1 heterocycles. The second-order valence-corrected chi connectivity index (χ2v) is 5.77. The van der Waals surface area contributed by atoms with Crippen molar-refractivity contribution in [3.8, 4) is 0 Å². The van der Waals surface area contributed by atoms with E-state index in [2.05, 4.69) is 15.9 Å². The quantitative estimate of drug-likeness (QED) is 0.818. The fourth-order valence-corrected chi connectivity index (χ4v) is 2.54. The number of rotatable bonds is 7. The second-order valence-electron chi connectivity index (χ2n) is 4.85. The Bertz CT molecular complexity index is 639. The van der Waals surface area contributed by atoms with Gasteiger partial charge in [-0.15, -0.1) is 0 Å². The van der Waals surface area contributed by atoms with Gasteiger partial charge in [0, 0.05) is 23.9 Å². The molecule has 2 rings (SSSR count). The van der Waals surface area contributed by atoms with Gasteiger partial charge in [-0.2, -0.15) is 0 Å². The van der Waals surface area contributed by atoms with E-state index in [0.717, 1.165) is 10.0 Å². The van der Waals surface area contributed by atoms with Crippen LogP contribution in [0, 0.1) is 0 Å². The Balaban J connectivity index is 2.01. The molecule has 116 valence electrons. The van der Waals surface area contributed by atoms with Crippen LogP contribution in [0.5, 0.6) is 0 Å². The van der Waals surface area contributed by atoms with Crippen molar-refractivity contribution in [3.63, 3.8) is 0 Å². The third-order valence-electron chi connectivity index (χ3n) is 3.11. The van der Waals surface area contributed by atoms with Crippen LogP contribution < -0.4 is 0 Å². The van der Waals surface area contributed by atoms with E-state index in [-0.39, 0.29) is 25.4 Å². The summed E-state index contributed by atoms with van der Waals surface area (Å²) in [6.45, 7) is -0.0494. The summed E-state index contributed by atoms with van der Waals surface area (Å²) in [5, 5.41) is 9.00. The summed E-state index contributed by atoms with van der Waals surface area (Å²) in [4.78, 5) is 24.6. The third kappa shape index (κ3) is 5.04. The number of aliphatic carboxylic acids is 1. The lowest BCUT2D eigenvalue weighted by atomic mass is 10.2. The van der Waals surface area contributed by atoms with E-state index in [1.165, 1.54) is 4.90 Å².